The summed E-state index contributed by atoms with van der Waals surface area (Å²) in [4.78, 5) is 17.2. The summed E-state index contributed by atoms with van der Waals surface area (Å²) in [5.74, 6) is 0.492. The molecule has 1 heterocycles. The van der Waals surface area contributed by atoms with Gasteiger partial charge in [0.1, 0.15) is 0 Å². The van der Waals surface area contributed by atoms with Crippen LogP contribution in [0.25, 0.3) is 0 Å². The van der Waals surface area contributed by atoms with E-state index in [1.54, 1.807) is 0 Å². The average molecular weight is 322 g/mol. The Morgan fingerprint density at radius 1 is 1.04 bits per heavy atom. The minimum Gasteiger partial charge on any atom is -0.326 e. The molecule has 0 aliphatic heterocycles. The molecular formula is C21H26N2O. The predicted molar refractivity (Wildman–Crippen MR) is 98.2 cm³/mol. The molecule has 0 saturated heterocycles. The zero-order valence-corrected chi connectivity index (χ0v) is 14.8. The van der Waals surface area contributed by atoms with Gasteiger partial charge in [-0.25, -0.2) is 0 Å². The number of pyridine rings is 1. The highest BCUT2D eigenvalue weighted by Gasteiger charge is 2.32. The van der Waals surface area contributed by atoms with Crippen molar-refractivity contribution < 1.29 is 4.79 Å². The van der Waals surface area contributed by atoms with E-state index in [9.17, 15) is 4.79 Å². The highest BCUT2D eigenvalue weighted by Crippen LogP contribution is 2.38. The van der Waals surface area contributed by atoms with Gasteiger partial charge in [-0.2, -0.15) is 0 Å². The summed E-state index contributed by atoms with van der Waals surface area (Å²) in [5, 5.41) is 3.14. The maximum Gasteiger partial charge on any atom is 0.228 e. The van der Waals surface area contributed by atoms with Crippen LogP contribution in [0, 0.1) is 26.7 Å². The van der Waals surface area contributed by atoms with Crippen molar-refractivity contribution in [3.8, 4) is 0 Å². The number of hydrogen-bond acceptors (Lipinski definition) is 2. The zero-order valence-electron chi connectivity index (χ0n) is 14.8. The molecule has 1 aliphatic carbocycles. The molecule has 3 rings (SSSR count). The number of carbonyl (C=O) groups is 1. The molecule has 126 valence electrons. The summed E-state index contributed by atoms with van der Waals surface area (Å²) < 4.78 is 0. The van der Waals surface area contributed by atoms with Crippen LogP contribution >= 0.6 is 0 Å². The van der Waals surface area contributed by atoms with E-state index in [0.717, 1.165) is 30.6 Å². The lowest BCUT2D eigenvalue weighted by molar-refractivity contribution is -0.121. The van der Waals surface area contributed by atoms with Gasteiger partial charge in [0, 0.05) is 23.5 Å². The van der Waals surface area contributed by atoms with Crippen molar-refractivity contribution in [1.82, 2.24) is 4.98 Å². The van der Waals surface area contributed by atoms with Crippen molar-refractivity contribution in [3.63, 3.8) is 0 Å². The Morgan fingerprint density at radius 2 is 1.83 bits per heavy atom. The first-order chi connectivity index (χ1) is 11.5. The van der Waals surface area contributed by atoms with E-state index in [0.29, 0.717) is 5.92 Å². The topological polar surface area (TPSA) is 42.0 Å². The second-order valence-corrected chi connectivity index (χ2v) is 7.02. The van der Waals surface area contributed by atoms with Gasteiger partial charge in [0.25, 0.3) is 0 Å². The number of amides is 1. The van der Waals surface area contributed by atoms with Crippen LogP contribution in [0.1, 0.15) is 54.0 Å². The largest absolute Gasteiger partial charge is 0.326 e. The molecule has 3 heteroatoms. The maximum absolute atomic E-state index is 12.9. The van der Waals surface area contributed by atoms with E-state index in [2.05, 4.69) is 48.4 Å². The molecule has 1 aromatic heterocycles. The Labute approximate surface area is 144 Å². The maximum atomic E-state index is 12.9. The molecular weight excluding hydrogens is 296 g/mol. The lowest BCUT2D eigenvalue weighted by Gasteiger charge is -2.31. The Hall–Kier alpha value is -2.16. The van der Waals surface area contributed by atoms with Crippen LogP contribution in [0.3, 0.4) is 0 Å². The van der Waals surface area contributed by atoms with E-state index < -0.39 is 0 Å². The fourth-order valence-electron chi connectivity index (χ4n) is 3.70. The number of anilines is 1. The standard InChI is InChI=1S/C21H26N2O/c1-14-8-9-18(12-15(14)2)23-21(24)20-7-5-4-6-19(20)17-10-11-22-16(3)13-17/h8-13,19-20H,4-7H2,1-3H3,(H,23,24)/t19-,20?/m0/s1. The Morgan fingerprint density at radius 3 is 2.58 bits per heavy atom. The first-order valence-electron chi connectivity index (χ1n) is 8.85. The van der Waals surface area contributed by atoms with Gasteiger partial charge in [-0.1, -0.05) is 18.9 Å². The smallest absolute Gasteiger partial charge is 0.228 e. The van der Waals surface area contributed by atoms with Crippen LogP contribution in [0.15, 0.2) is 36.5 Å². The average Bonchev–Trinajstić information content (AvgIpc) is 2.58. The number of hydrogen-bond donors (Lipinski definition) is 1. The Bertz CT molecular complexity index is 738. The summed E-state index contributed by atoms with van der Waals surface area (Å²) in [5.41, 5.74) is 5.63. The molecule has 1 aliphatic rings. The molecule has 2 aromatic rings. The fraction of sp³-hybridized carbons (Fsp3) is 0.429. The molecule has 1 unspecified atom stereocenters. The number of nitrogens with one attached hydrogen (secondary N) is 1. The monoisotopic (exact) mass is 322 g/mol. The molecule has 0 radical (unpaired) electrons. The van der Waals surface area contributed by atoms with Crippen molar-refractivity contribution in [3.05, 3.63) is 58.9 Å². The van der Waals surface area contributed by atoms with Gasteiger partial charge >= 0.3 is 0 Å². The van der Waals surface area contributed by atoms with Gasteiger partial charge in [-0.05, 0) is 80.5 Å². The van der Waals surface area contributed by atoms with E-state index in [4.69, 9.17) is 0 Å². The van der Waals surface area contributed by atoms with Gasteiger partial charge < -0.3 is 5.32 Å². The lowest BCUT2D eigenvalue weighted by Crippen LogP contribution is -2.30. The molecule has 1 N–H and O–H groups in total. The normalized spacial score (nSPS) is 20.6. The minimum absolute atomic E-state index is 0.0437. The first-order valence-corrected chi connectivity index (χ1v) is 8.85. The van der Waals surface area contributed by atoms with Crippen LogP contribution in [0.5, 0.6) is 0 Å². The van der Waals surface area contributed by atoms with E-state index >= 15 is 0 Å². The molecule has 3 nitrogen and oxygen atoms in total. The van der Waals surface area contributed by atoms with E-state index in [1.165, 1.54) is 23.1 Å². The quantitative estimate of drug-likeness (QED) is 0.871. The van der Waals surface area contributed by atoms with Crippen molar-refractivity contribution >= 4 is 11.6 Å². The van der Waals surface area contributed by atoms with Crippen molar-refractivity contribution in [2.24, 2.45) is 5.92 Å². The van der Waals surface area contributed by atoms with Crippen LogP contribution < -0.4 is 5.32 Å². The molecule has 1 saturated carbocycles. The molecule has 0 bridgehead atoms. The molecule has 24 heavy (non-hydrogen) atoms. The van der Waals surface area contributed by atoms with Gasteiger partial charge in [-0.3, -0.25) is 9.78 Å². The van der Waals surface area contributed by atoms with Crippen LogP contribution in [-0.4, -0.2) is 10.9 Å². The second-order valence-electron chi connectivity index (χ2n) is 7.02. The zero-order chi connectivity index (χ0) is 17.1. The highest BCUT2D eigenvalue weighted by atomic mass is 16.1. The molecule has 1 aromatic carbocycles. The fourth-order valence-corrected chi connectivity index (χ4v) is 3.70. The summed E-state index contributed by atoms with van der Waals surface area (Å²) in [7, 11) is 0. The van der Waals surface area contributed by atoms with Crippen LogP contribution in [-0.2, 0) is 4.79 Å². The summed E-state index contributed by atoms with van der Waals surface area (Å²) in [6.07, 6.45) is 6.22. The molecule has 0 spiro atoms. The third-order valence-electron chi connectivity index (χ3n) is 5.23. The first kappa shape index (κ1) is 16.7. The van der Waals surface area contributed by atoms with Crippen LogP contribution in [0.4, 0.5) is 5.69 Å². The number of rotatable bonds is 3. The Balaban J connectivity index is 1.79. The molecule has 2 atom stereocenters. The number of nitrogens with zero attached hydrogens (tertiary/aromatic N) is 1. The summed E-state index contributed by atoms with van der Waals surface area (Å²) in [6, 6.07) is 10.3. The molecule has 1 fully saturated rings. The van der Waals surface area contributed by atoms with E-state index in [1.807, 2.05) is 19.2 Å². The molecule has 1 amide bonds. The minimum atomic E-state index is 0.0437. The van der Waals surface area contributed by atoms with Gasteiger partial charge in [-0.15, -0.1) is 0 Å². The van der Waals surface area contributed by atoms with Gasteiger partial charge in [0.2, 0.25) is 5.91 Å². The van der Waals surface area contributed by atoms with Crippen molar-refractivity contribution in [2.75, 3.05) is 5.32 Å². The number of aromatic nitrogens is 1. The van der Waals surface area contributed by atoms with Gasteiger partial charge in [0.05, 0.1) is 0 Å². The highest BCUT2D eigenvalue weighted by molar-refractivity contribution is 5.93. The van der Waals surface area contributed by atoms with Crippen LogP contribution in [0.2, 0.25) is 0 Å². The third-order valence-corrected chi connectivity index (χ3v) is 5.23. The lowest BCUT2D eigenvalue weighted by atomic mass is 9.75. The summed E-state index contributed by atoms with van der Waals surface area (Å²) >= 11 is 0. The van der Waals surface area contributed by atoms with E-state index in [-0.39, 0.29) is 11.8 Å². The number of aryl methyl sites for hydroxylation is 3. The SMILES string of the molecule is Cc1cc([C@@H]2CCCCC2C(=O)Nc2ccc(C)c(C)c2)ccn1. The Kier molecular flexibility index (Phi) is 4.98. The van der Waals surface area contributed by atoms with Crippen molar-refractivity contribution in [1.29, 1.82) is 0 Å². The number of benzene rings is 1. The summed E-state index contributed by atoms with van der Waals surface area (Å²) in [6.45, 7) is 6.18. The second kappa shape index (κ2) is 7.16. The van der Waals surface area contributed by atoms with Crippen molar-refractivity contribution in [2.45, 2.75) is 52.4 Å². The predicted octanol–water partition coefficient (Wildman–Crippen LogP) is 4.92. The third kappa shape index (κ3) is 3.66. The number of carbonyl (C=O) groups excluding carboxylic acids is 1. The van der Waals surface area contributed by atoms with Gasteiger partial charge in [0.15, 0.2) is 0 Å².